The second kappa shape index (κ2) is 5.01. The van der Waals surface area contributed by atoms with E-state index in [0.29, 0.717) is 12.1 Å². The number of likely N-dealkylation sites (N-methyl/N-ethyl adjacent to an activating group) is 1. The first kappa shape index (κ1) is 13.2. The molecule has 0 aliphatic heterocycles. The van der Waals surface area contributed by atoms with E-state index in [9.17, 15) is 4.79 Å². The minimum atomic E-state index is -0.332. The van der Waals surface area contributed by atoms with Crippen molar-refractivity contribution in [2.24, 2.45) is 5.41 Å². The van der Waals surface area contributed by atoms with Gasteiger partial charge in [-0.05, 0) is 18.2 Å². The summed E-state index contributed by atoms with van der Waals surface area (Å²) in [6, 6.07) is 9.36. The summed E-state index contributed by atoms with van der Waals surface area (Å²) in [5.41, 5.74) is 1.17. The van der Waals surface area contributed by atoms with Crippen LogP contribution in [-0.2, 0) is 4.79 Å². The van der Waals surface area contributed by atoms with Crippen molar-refractivity contribution in [1.29, 1.82) is 5.26 Å². The lowest BCUT2D eigenvalue weighted by molar-refractivity contribution is -0.124. The molecular formula is C14H18N2O. The number of ketones is 1. The summed E-state index contributed by atoms with van der Waals surface area (Å²) in [5, 5.41) is 8.82. The van der Waals surface area contributed by atoms with Gasteiger partial charge in [-0.3, -0.25) is 4.79 Å². The molecule has 1 aromatic carbocycles. The number of carbonyl (C=O) groups excluding carboxylic acids is 1. The van der Waals surface area contributed by atoms with E-state index >= 15 is 0 Å². The molecule has 0 radical (unpaired) electrons. The highest BCUT2D eigenvalue weighted by Crippen LogP contribution is 2.18. The molecule has 0 heterocycles. The molecule has 0 N–H and O–H groups in total. The molecule has 0 aromatic heterocycles. The highest BCUT2D eigenvalue weighted by Gasteiger charge is 2.22. The molecule has 0 spiro atoms. The quantitative estimate of drug-likeness (QED) is 0.801. The van der Waals surface area contributed by atoms with E-state index in [0.717, 1.165) is 5.69 Å². The first-order valence-electron chi connectivity index (χ1n) is 5.59. The predicted molar refractivity (Wildman–Crippen MR) is 68.9 cm³/mol. The number of hydrogen-bond acceptors (Lipinski definition) is 3. The molecule has 90 valence electrons. The van der Waals surface area contributed by atoms with Crippen LogP contribution in [0.2, 0.25) is 0 Å². The third-order valence-corrected chi connectivity index (χ3v) is 2.63. The van der Waals surface area contributed by atoms with Crippen LogP contribution >= 0.6 is 0 Å². The van der Waals surface area contributed by atoms with Gasteiger partial charge in [-0.2, -0.15) is 5.26 Å². The van der Waals surface area contributed by atoms with E-state index in [2.05, 4.69) is 6.07 Å². The SMILES string of the molecule is CN(CC(=O)C(C)(C)C)c1cccc(C#N)c1. The van der Waals surface area contributed by atoms with Crippen molar-refractivity contribution >= 4 is 11.5 Å². The van der Waals surface area contributed by atoms with Crippen molar-refractivity contribution in [3.8, 4) is 6.07 Å². The zero-order valence-corrected chi connectivity index (χ0v) is 10.8. The normalized spacial score (nSPS) is 10.8. The molecule has 0 amide bonds. The Kier molecular flexibility index (Phi) is 3.90. The standard InChI is InChI=1S/C14H18N2O/c1-14(2,3)13(17)10-16(4)12-7-5-6-11(8-12)9-15/h5-8H,10H2,1-4H3. The van der Waals surface area contributed by atoms with Gasteiger partial charge < -0.3 is 4.90 Å². The Morgan fingerprint density at radius 2 is 2.06 bits per heavy atom. The minimum absolute atomic E-state index is 0.183. The molecule has 17 heavy (non-hydrogen) atoms. The first-order chi connectivity index (χ1) is 7.84. The molecule has 0 fully saturated rings. The number of hydrogen-bond donors (Lipinski definition) is 0. The van der Waals surface area contributed by atoms with E-state index in [1.54, 1.807) is 12.1 Å². The summed E-state index contributed by atoms with van der Waals surface area (Å²) >= 11 is 0. The second-order valence-electron chi connectivity index (χ2n) is 5.19. The summed E-state index contributed by atoms with van der Waals surface area (Å²) in [6.45, 7) is 6.09. The molecule has 1 aromatic rings. The smallest absolute Gasteiger partial charge is 0.157 e. The van der Waals surface area contributed by atoms with Gasteiger partial charge in [0.15, 0.2) is 5.78 Å². The van der Waals surface area contributed by atoms with Gasteiger partial charge in [0.05, 0.1) is 18.2 Å². The maximum absolute atomic E-state index is 11.9. The van der Waals surface area contributed by atoms with E-state index in [1.165, 1.54) is 0 Å². The zero-order valence-electron chi connectivity index (χ0n) is 10.8. The summed E-state index contributed by atoms with van der Waals surface area (Å²) in [7, 11) is 1.86. The van der Waals surface area contributed by atoms with Crippen LogP contribution in [0.5, 0.6) is 0 Å². The lowest BCUT2D eigenvalue weighted by Crippen LogP contribution is -2.33. The summed E-state index contributed by atoms with van der Waals surface area (Å²) in [4.78, 5) is 13.8. The molecule has 0 saturated carbocycles. The van der Waals surface area contributed by atoms with Gasteiger partial charge in [0.1, 0.15) is 0 Å². The molecule has 0 aliphatic rings. The van der Waals surface area contributed by atoms with Gasteiger partial charge in [-0.25, -0.2) is 0 Å². The van der Waals surface area contributed by atoms with Gasteiger partial charge in [-0.1, -0.05) is 26.8 Å². The fourth-order valence-corrected chi connectivity index (χ4v) is 1.36. The Labute approximate surface area is 103 Å². The van der Waals surface area contributed by atoms with Crippen LogP contribution in [0, 0.1) is 16.7 Å². The Morgan fingerprint density at radius 3 is 2.59 bits per heavy atom. The van der Waals surface area contributed by atoms with E-state index in [1.807, 2.05) is 44.9 Å². The topological polar surface area (TPSA) is 44.1 Å². The monoisotopic (exact) mass is 230 g/mol. The number of rotatable bonds is 3. The molecule has 3 heteroatoms. The van der Waals surface area contributed by atoms with Crippen molar-refractivity contribution in [3.05, 3.63) is 29.8 Å². The maximum atomic E-state index is 11.9. The minimum Gasteiger partial charge on any atom is -0.367 e. The molecule has 3 nitrogen and oxygen atoms in total. The highest BCUT2D eigenvalue weighted by molar-refractivity contribution is 5.87. The van der Waals surface area contributed by atoms with Crippen molar-refractivity contribution in [3.63, 3.8) is 0 Å². The van der Waals surface area contributed by atoms with Gasteiger partial charge in [-0.15, -0.1) is 0 Å². The molecule has 0 atom stereocenters. The average Bonchev–Trinajstić information content (AvgIpc) is 2.27. The van der Waals surface area contributed by atoms with Gasteiger partial charge in [0, 0.05) is 18.2 Å². The first-order valence-corrected chi connectivity index (χ1v) is 5.59. The second-order valence-corrected chi connectivity index (χ2v) is 5.19. The number of nitrogens with zero attached hydrogens (tertiary/aromatic N) is 2. The summed E-state index contributed by atoms with van der Waals surface area (Å²) in [5.74, 6) is 0.183. The lowest BCUT2D eigenvalue weighted by atomic mass is 9.90. The van der Waals surface area contributed by atoms with Gasteiger partial charge >= 0.3 is 0 Å². The Hall–Kier alpha value is -1.82. The Bertz CT molecular complexity index is 452. The molecule has 1 rings (SSSR count). The van der Waals surface area contributed by atoms with Crippen molar-refractivity contribution < 1.29 is 4.79 Å². The number of nitriles is 1. The van der Waals surface area contributed by atoms with Crippen LogP contribution in [-0.4, -0.2) is 19.4 Å². The van der Waals surface area contributed by atoms with Crippen LogP contribution in [0.15, 0.2) is 24.3 Å². The third kappa shape index (κ3) is 3.60. The summed E-state index contributed by atoms with van der Waals surface area (Å²) in [6.07, 6.45) is 0. The van der Waals surface area contributed by atoms with Gasteiger partial charge in [0.25, 0.3) is 0 Å². The van der Waals surface area contributed by atoms with Crippen LogP contribution in [0.4, 0.5) is 5.69 Å². The van der Waals surface area contributed by atoms with E-state index < -0.39 is 0 Å². The van der Waals surface area contributed by atoms with Crippen LogP contribution in [0.1, 0.15) is 26.3 Å². The average molecular weight is 230 g/mol. The molecule has 0 saturated heterocycles. The molecule has 0 bridgehead atoms. The molecule has 0 unspecified atom stereocenters. The van der Waals surface area contributed by atoms with Gasteiger partial charge in [0.2, 0.25) is 0 Å². The van der Waals surface area contributed by atoms with Crippen LogP contribution in [0.25, 0.3) is 0 Å². The third-order valence-electron chi connectivity index (χ3n) is 2.63. The largest absolute Gasteiger partial charge is 0.367 e. The maximum Gasteiger partial charge on any atom is 0.157 e. The Balaban J connectivity index is 2.80. The van der Waals surface area contributed by atoms with E-state index in [-0.39, 0.29) is 11.2 Å². The Morgan fingerprint density at radius 1 is 1.41 bits per heavy atom. The number of Topliss-reactive ketones (excluding diaryl/α,β-unsaturated/α-hetero) is 1. The number of benzene rings is 1. The van der Waals surface area contributed by atoms with Crippen molar-refractivity contribution in [1.82, 2.24) is 0 Å². The van der Waals surface area contributed by atoms with E-state index in [4.69, 9.17) is 5.26 Å². The predicted octanol–water partition coefficient (Wildman–Crippen LogP) is 2.61. The van der Waals surface area contributed by atoms with Crippen molar-refractivity contribution in [2.75, 3.05) is 18.5 Å². The van der Waals surface area contributed by atoms with Crippen molar-refractivity contribution in [2.45, 2.75) is 20.8 Å². The lowest BCUT2D eigenvalue weighted by Gasteiger charge is -2.24. The number of anilines is 1. The molecular weight excluding hydrogens is 212 g/mol. The zero-order chi connectivity index (χ0) is 13.1. The highest BCUT2D eigenvalue weighted by atomic mass is 16.1. The fraction of sp³-hybridized carbons (Fsp3) is 0.429. The number of carbonyl (C=O) groups is 1. The van der Waals surface area contributed by atoms with Crippen LogP contribution in [0.3, 0.4) is 0 Å². The summed E-state index contributed by atoms with van der Waals surface area (Å²) < 4.78 is 0. The van der Waals surface area contributed by atoms with Crippen LogP contribution < -0.4 is 4.90 Å². The fourth-order valence-electron chi connectivity index (χ4n) is 1.36. The molecule has 0 aliphatic carbocycles.